The molecule has 4 rings (SSSR count). The minimum Gasteiger partial charge on any atom is -0.493 e. The van der Waals surface area contributed by atoms with Crippen molar-refractivity contribution in [2.45, 2.75) is 69.6 Å². The molecule has 0 aromatic heterocycles. The van der Waals surface area contributed by atoms with Gasteiger partial charge in [0, 0.05) is 17.1 Å². The number of alkyl halides is 2. The van der Waals surface area contributed by atoms with E-state index in [2.05, 4.69) is 80.4 Å². The first-order chi connectivity index (χ1) is 15.3. The molecule has 0 heterocycles. The molecule has 2 saturated carbocycles. The summed E-state index contributed by atoms with van der Waals surface area (Å²) in [5.74, 6) is 4.25. The summed E-state index contributed by atoms with van der Waals surface area (Å²) in [4.78, 5) is 0. The van der Waals surface area contributed by atoms with Gasteiger partial charge in [-0.25, -0.2) is 0 Å². The molecule has 2 aromatic rings. The largest absolute Gasteiger partial charge is 0.493 e. The number of halogens is 2. The van der Waals surface area contributed by atoms with Gasteiger partial charge in [-0.1, -0.05) is 74.3 Å². The molecular formula is C28H36Br2O. The van der Waals surface area contributed by atoms with Crippen LogP contribution in [-0.4, -0.2) is 17.3 Å². The molecule has 0 bridgehead atoms. The van der Waals surface area contributed by atoms with Crippen molar-refractivity contribution in [1.29, 1.82) is 0 Å². The highest BCUT2D eigenvalue weighted by Crippen LogP contribution is 2.40. The van der Waals surface area contributed by atoms with Gasteiger partial charge < -0.3 is 4.74 Å². The van der Waals surface area contributed by atoms with Crippen molar-refractivity contribution in [1.82, 2.24) is 0 Å². The summed E-state index contributed by atoms with van der Waals surface area (Å²) >= 11 is 7.32. The van der Waals surface area contributed by atoms with E-state index >= 15 is 0 Å². The molecule has 0 spiro atoms. The number of rotatable bonds is 8. The minimum atomic E-state index is 0.658. The predicted octanol–water partition coefficient (Wildman–Crippen LogP) is 8.65. The molecule has 3 heteroatoms. The monoisotopic (exact) mass is 546 g/mol. The topological polar surface area (TPSA) is 9.23 Å². The van der Waals surface area contributed by atoms with Crippen molar-refractivity contribution in [3.05, 3.63) is 65.2 Å². The van der Waals surface area contributed by atoms with Gasteiger partial charge in [-0.2, -0.15) is 0 Å². The molecule has 0 aliphatic heterocycles. The molecule has 1 nitrogen and oxygen atoms in total. The Bertz CT molecular complexity index is 787. The van der Waals surface area contributed by atoms with Crippen molar-refractivity contribution in [3.63, 3.8) is 0 Å². The summed E-state index contributed by atoms with van der Waals surface area (Å²) in [6.07, 6.45) is 11.6. The van der Waals surface area contributed by atoms with E-state index in [0.29, 0.717) is 5.92 Å². The molecule has 31 heavy (non-hydrogen) atoms. The van der Waals surface area contributed by atoms with Crippen LogP contribution in [0.3, 0.4) is 0 Å². The highest BCUT2D eigenvalue weighted by molar-refractivity contribution is 9.09. The van der Waals surface area contributed by atoms with Crippen LogP contribution in [0.25, 0.3) is 0 Å². The number of hydrogen-bond donors (Lipinski definition) is 0. The third kappa shape index (κ3) is 6.38. The molecule has 0 amide bonds. The molecule has 168 valence electrons. The molecule has 0 saturated heterocycles. The molecule has 0 N–H and O–H groups in total. The van der Waals surface area contributed by atoms with E-state index < -0.39 is 0 Å². The summed E-state index contributed by atoms with van der Waals surface area (Å²) in [6, 6.07) is 18.1. The Labute approximate surface area is 205 Å². The van der Waals surface area contributed by atoms with E-state index in [1.54, 1.807) is 0 Å². The zero-order valence-electron chi connectivity index (χ0n) is 18.6. The molecule has 2 aliphatic carbocycles. The van der Waals surface area contributed by atoms with Gasteiger partial charge in [-0.3, -0.25) is 0 Å². The summed E-state index contributed by atoms with van der Waals surface area (Å²) in [5.41, 5.74) is 4.33. The number of para-hydroxylation sites is 1. The maximum atomic E-state index is 6.30. The second-order valence-corrected chi connectivity index (χ2v) is 10.9. The molecule has 2 fully saturated rings. The fourth-order valence-corrected chi connectivity index (χ4v) is 6.76. The lowest BCUT2D eigenvalue weighted by atomic mass is 9.79. The van der Waals surface area contributed by atoms with Gasteiger partial charge in [0.25, 0.3) is 0 Å². The van der Waals surface area contributed by atoms with Gasteiger partial charge in [0.2, 0.25) is 0 Å². The van der Waals surface area contributed by atoms with Crippen molar-refractivity contribution >= 4 is 31.9 Å². The normalized spacial score (nSPS) is 26.5. The van der Waals surface area contributed by atoms with Crippen molar-refractivity contribution in [3.8, 4) is 5.75 Å². The summed E-state index contributed by atoms with van der Waals surface area (Å²) in [6.45, 7) is 0.753. The van der Waals surface area contributed by atoms with E-state index in [9.17, 15) is 0 Å². The number of hydrogen-bond acceptors (Lipinski definition) is 1. The Kier molecular flexibility index (Phi) is 8.96. The van der Waals surface area contributed by atoms with Crippen LogP contribution in [0.4, 0.5) is 0 Å². The SMILES string of the molecule is BrCC1CCC(c2ccc(CCOc3ccccc3C3CCC(CBr)CC3)cc2)CC1. The van der Waals surface area contributed by atoms with E-state index in [4.69, 9.17) is 4.74 Å². The van der Waals surface area contributed by atoms with Crippen LogP contribution in [0.15, 0.2) is 48.5 Å². The minimum absolute atomic E-state index is 0.658. The second kappa shape index (κ2) is 11.9. The van der Waals surface area contributed by atoms with Crippen LogP contribution >= 0.6 is 31.9 Å². The Morgan fingerprint density at radius 2 is 1.26 bits per heavy atom. The molecule has 0 atom stereocenters. The lowest BCUT2D eigenvalue weighted by Crippen LogP contribution is -2.15. The molecule has 2 aliphatic rings. The first kappa shape index (κ1) is 23.4. The number of ether oxygens (including phenoxy) is 1. The van der Waals surface area contributed by atoms with Crippen LogP contribution in [0.1, 0.15) is 79.9 Å². The quantitative estimate of drug-likeness (QED) is 0.300. The number of benzene rings is 2. The summed E-state index contributed by atoms with van der Waals surface area (Å²) in [5, 5.41) is 2.31. The Balaban J connectivity index is 1.28. The zero-order valence-corrected chi connectivity index (χ0v) is 21.7. The Hall–Kier alpha value is -0.800. The summed E-state index contributed by atoms with van der Waals surface area (Å²) in [7, 11) is 0. The standard InChI is InChI=1S/C28H36Br2O/c29-19-22-7-13-25(14-8-22)24-11-5-21(6-12-24)17-18-31-28-4-2-1-3-27(28)26-15-9-23(20-30)10-16-26/h1-6,11-12,22-23,25-26H,7-10,13-20H2. The van der Waals surface area contributed by atoms with Gasteiger partial charge in [0.1, 0.15) is 5.75 Å². The molecule has 0 radical (unpaired) electrons. The molecule has 0 unspecified atom stereocenters. The fourth-order valence-electron chi connectivity index (χ4n) is 5.46. The molecular weight excluding hydrogens is 512 g/mol. The van der Waals surface area contributed by atoms with Crippen molar-refractivity contribution in [2.24, 2.45) is 11.8 Å². The van der Waals surface area contributed by atoms with Gasteiger partial charge >= 0.3 is 0 Å². The van der Waals surface area contributed by atoms with Crippen LogP contribution in [0.5, 0.6) is 5.75 Å². The predicted molar refractivity (Wildman–Crippen MR) is 139 cm³/mol. The lowest BCUT2D eigenvalue weighted by Gasteiger charge is -2.28. The van der Waals surface area contributed by atoms with Crippen LogP contribution in [-0.2, 0) is 6.42 Å². The molecule has 2 aromatic carbocycles. The maximum Gasteiger partial charge on any atom is 0.122 e. The Morgan fingerprint density at radius 1 is 0.677 bits per heavy atom. The van der Waals surface area contributed by atoms with Gasteiger partial charge in [-0.15, -0.1) is 0 Å². The first-order valence-electron chi connectivity index (χ1n) is 12.2. The van der Waals surface area contributed by atoms with Crippen LogP contribution < -0.4 is 4.74 Å². The first-order valence-corrected chi connectivity index (χ1v) is 14.4. The highest BCUT2D eigenvalue weighted by Gasteiger charge is 2.24. The highest BCUT2D eigenvalue weighted by atomic mass is 79.9. The van der Waals surface area contributed by atoms with Gasteiger partial charge in [0.05, 0.1) is 6.61 Å². The lowest BCUT2D eigenvalue weighted by molar-refractivity contribution is 0.304. The van der Waals surface area contributed by atoms with E-state index in [0.717, 1.165) is 41.9 Å². The maximum absolute atomic E-state index is 6.30. The Morgan fingerprint density at radius 3 is 1.87 bits per heavy atom. The van der Waals surface area contributed by atoms with Crippen LogP contribution in [0.2, 0.25) is 0 Å². The van der Waals surface area contributed by atoms with Gasteiger partial charge in [-0.05, 0) is 97.8 Å². The average Bonchev–Trinajstić information content (AvgIpc) is 2.85. The third-order valence-electron chi connectivity index (χ3n) is 7.59. The zero-order chi connectivity index (χ0) is 21.5. The van der Waals surface area contributed by atoms with E-state index in [-0.39, 0.29) is 0 Å². The van der Waals surface area contributed by atoms with Crippen LogP contribution in [0, 0.1) is 11.8 Å². The van der Waals surface area contributed by atoms with Crippen molar-refractivity contribution in [2.75, 3.05) is 17.3 Å². The van der Waals surface area contributed by atoms with Gasteiger partial charge in [0.15, 0.2) is 0 Å². The van der Waals surface area contributed by atoms with E-state index in [1.165, 1.54) is 73.4 Å². The summed E-state index contributed by atoms with van der Waals surface area (Å²) < 4.78 is 6.30. The smallest absolute Gasteiger partial charge is 0.122 e. The van der Waals surface area contributed by atoms with E-state index in [1.807, 2.05) is 0 Å². The van der Waals surface area contributed by atoms with Crippen molar-refractivity contribution < 1.29 is 4.74 Å². The average molecular weight is 548 g/mol. The fraction of sp³-hybridized carbons (Fsp3) is 0.571. The third-order valence-corrected chi connectivity index (χ3v) is 9.42. The second-order valence-electron chi connectivity index (χ2n) is 9.62.